The molecule has 0 bridgehead atoms. The molecule has 0 radical (unpaired) electrons. The predicted octanol–water partition coefficient (Wildman–Crippen LogP) is 2.74. The van der Waals surface area contributed by atoms with E-state index in [2.05, 4.69) is 0 Å². The molecule has 1 heterocycles. The molecule has 0 saturated carbocycles. The van der Waals surface area contributed by atoms with Gasteiger partial charge in [-0.3, -0.25) is 4.79 Å². The summed E-state index contributed by atoms with van der Waals surface area (Å²) in [4.78, 5) is 25.2. The topological polar surface area (TPSA) is 55.8 Å². The van der Waals surface area contributed by atoms with E-state index in [0.29, 0.717) is 13.0 Å². The Morgan fingerprint density at radius 3 is 2.68 bits per heavy atom. The van der Waals surface area contributed by atoms with Crippen LogP contribution in [0.1, 0.15) is 44.0 Å². The van der Waals surface area contributed by atoms with Crippen molar-refractivity contribution in [2.45, 2.75) is 39.2 Å². The van der Waals surface area contributed by atoms with Crippen molar-refractivity contribution in [3.8, 4) is 5.75 Å². The molecule has 0 aliphatic carbocycles. The zero-order chi connectivity index (χ0) is 16.3. The number of rotatable bonds is 4. The quantitative estimate of drug-likeness (QED) is 0.803. The van der Waals surface area contributed by atoms with Crippen LogP contribution in [0.3, 0.4) is 0 Å². The van der Waals surface area contributed by atoms with Crippen LogP contribution in [0.25, 0.3) is 0 Å². The Bertz CT molecular complexity index is 580. The predicted molar refractivity (Wildman–Crippen MR) is 78.0 cm³/mol. The van der Waals surface area contributed by atoms with Crippen molar-refractivity contribution in [3.63, 3.8) is 0 Å². The maximum Gasteiger partial charge on any atom is 0.342 e. The SMILES string of the molecule is CC(C)(C)OC(=O)c1ccc(F)cc1OCN1CCCC1=O. The van der Waals surface area contributed by atoms with E-state index in [1.165, 1.54) is 17.0 Å². The second-order valence-corrected chi connectivity index (χ2v) is 6.18. The summed E-state index contributed by atoms with van der Waals surface area (Å²) in [5.74, 6) is -1.03. The Morgan fingerprint density at radius 1 is 1.36 bits per heavy atom. The van der Waals surface area contributed by atoms with Gasteiger partial charge in [-0.15, -0.1) is 0 Å². The van der Waals surface area contributed by atoms with Gasteiger partial charge in [-0.2, -0.15) is 0 Å². The summed E-state index contributed by atoms with van der Waals surface area (Å²) < 4.78 is 24.2. The number of carbonyl (C=O) groups is 2. The van der Waals surface area contributed by atoms with Crippen LogP contribution in [-0.2, 0) is 9.53 Å². The number of benzene rings is 1. The number of carbonyl (C=O) groups excluding carboxylic acids is 2. The lowest BCUT2D eigenvalue weighted by molar-refractivity contribution is -0.130. The molecule has 0 N–H and O–H groups in total. The van der Waals surface area contributed by atoms with Crippen molar-refractivity contribution >= 4 is 11.9 Å². The van der Waals surface area contributed by atoms with E-state index in [1.54, 1.807) is 20.8 Å². The average Bonchev–Trinajstić information content (AvgIpc) is 2.80. The van der Waals surface area contributed by atoms with E-state index < -0.39 is 17.4 Å². The molecule has 22 heavy (non-hydrogen) atoms. The van der Waals surface area contributed by atoms with E-state index in [4.69, 9.17) is 9.47 Å². The number of ether oxygens (including phenoxy) is 2. The van der Waals surface area contributed by atoms with Crippen LogP contribution >= 0.6 is 0 Å². The van der Waals surface area contributed by atoms with E-state index in [9.17, 15) is 14.0 Å². The summed E-state index contributed by atoms with van der Waals surface area (Å²) in [6.07, 6.45) is 1.27. The van der Waals surface area contributed by atoms with Gasteiger partial charge in [0.05, 0.1) is 0 Å². The minimum Gasteiger partial charge on any atom is -0.472 e. The van der Waals surface area contributed by atoms with Gasteiger partial charge in [0.2, 0.25) is 5.91 Å². The molecule has 120 valence electrons. The average molecular weight is 309 g/mol. The van der Waals surface area contributed by atoms with Crippen LogP contribution in [0.4, 0.5) is 4.39 Å². The second-order valence-electron chi connectivity index (χ2n) is 6.18. The third kappa shape index (κ3) is 4.19. The fourth-order valence-electron chi connectivity index (χ4n) is 2.11. The molecule has 1 fully saturated rings. The van der Waals surface area contributed by atoms with Crippen LogP contribution in [-0.4, -0.2) is 35.7 Å². The second kappa shape index (κ2) is 6.34. The van der Waals surface area contributed by atoms with Gasteiger partial charge in [0, 0.05) is 19.0 Å². The fraction of sp³-hybridized carbons (Fsp3) is 0.500. The molecule has 0 unspecified atom stereocenters. The Morgan fingerprint density at radius 2 is 2.09 bits per heavy atom. The number of hydrogen-bond acceptors (Lipinski definition) is 4. The summed E-state index contributed by atoms with van der Waals surface area (Å²) in [5, 5.41) is 0. The van der Waals surface area contributed by atoms with Gasteiger partial charge in [-0.25, -0.2) is 9.18 Å². The molecule has 2 rings (SSSR count). The highest BCUT2D eigenvalue weighted by atomic mass is 19.1. The summed E-state index contributed by atoms with van der Waals surface area (Å²) >= 11 is 0. The van der Waals surface area contributed by atoms with Crippen LogP contribution in [0.2, 0.25) is 0 Å². The van der Waals surface area contributed by atoms with E-state index in [-0.39, 0.29) is 24.0 Å². The van der Waals surface area contributed by atoms with Gasteiger partial charge in [-0.1, -0.05) is 0 Å². The zero-order valence-electron chi connectivity index (χ0n) is 13.0. The zero-order valence-corrected chi connectivity index (χ0v) is 13.0. The van der Waals surface area contributed by atoms with Crippen LogP contribution in [0.15, 0.2) is 18.2 Å². The highest BCUT2D eigenvalue weighted by molar-refractivity contribution is 5.92. The molecule has 0 aromatic heterocycles. The third-order valence-electron chi connectivity index (χ3n) is 3.11. The molecule has 1 saturated heterocycles. The molecule has 1 amide bonds. The van der Waals surface area contributed by atoms with Gasteiger partial charge in [0.25, 0.3) is 0 Å². The molecule has 0 atom stereocenters. The van der Waals surface area contributed by atoms with Crippen molar-refractivity contribution in [1.82, 2.24) is 4.90 Å². The monoisotopic (exact) mass is 309 g/mol. The summed E-state index contributed by atoms with van der Waals surface area (Å²) in [7, 11) is 0. The number of esters is 1. The molecule has 0 spiro atoms. The summed E-state index contributed by atoms with van der Waals surface area (Å²) in [6.45, 7) is 5.85. The largest absolute Gasteiger partial charge is 0.472 e. The molecule has 1 aromatic carbocycles. The van der Waals surface area contributed by atoms with Crippen LogP contribution < -0.4 is 4.74 Å². The molecular weight excluding hydrogens is 289 g/mol. The number of nitrogens with zero attached hydrogens (tertiary/aromatic N) is 1. The van der Waals surface area contributed by atoms with Gasteiger partial charge in [0.15, 0.2) is 6.73 Å². The maximum atomic E-state index is 13.4. The van der Waals surface area contributed by atoms with Gasteiger partial charge in [0.1, 0.15) is 22.7 Å². The first kappa shape index (κ1) is 16.3. The molecule has 1 aliphatic heterocycles. The first-order valence-electron chi connectivity index (χ1n) is 7.20. The minimum atomic E-state index is -0.659. The number of halogens is 1. The normalized spacial score (nSPS) is 15.1. The summed E-state index contributed by atoms with van der Waals surface area (Å²) in [6, 6.07) is 3.62. The highest BCUT2D eigenvalue weighted by Crippen LogP contribution is 2.24. The maximum absolute atomic E-state index is 13.4. The van der Waals surface area contributed by atoms with Crippen molar-refractivity contribution in [2.75, 3.05) is 13.3 Å². The lowest BCUT2D eigenvalue weighted by atomic mass is 10.1. The third-order valence-corrected chi connectivity index (χ3v) is 3.11. The van der Waals surface area contributed by atoms with Crippen molar-refractivity contribution in [3.05, 3.63) is 29.6 Å². The smallest absolute Gasteiger partial charge is 0.342 e. The van der Waals surface area contributed by atoms with E-state index >= 15 is 0 Å². The summed E-state index contributed by atoms with van der Waals surface area (Å²) in [5.41, 5.74) is -0.517. The Hall–Kier alpha value is -2.11. The molecule has 5 nitrogen and oxygen atoms in total. The Kier molecular flexibility index (Phi) is 4.68. The standard InChI is InChI=1S/C16H20FNO4/c1-16(2,3)22-15(20)12-7-6-11(17)9-13(12)21-10-18-8-4-5-14(18)19/h6-7,9H,4-5,8,10H2,1-3H3. The molecular formula is C16H20FNO4. The van der Waals surface area contributed by atoms with Crippen LogP contribution in [0, 0.1) is 5.82 Å². The highest BCUT2D eigenvalue weighted by Gasteiger charge is 2.24. The number of hydrogen-bond donors (Lipinski definition) is 0. The minimum absolute atomic E-state index is 0.00190. The van der Waals surface area contributed by atoms with Gasteiger partial charge >= 0.3 is 5.97 Å². The van der Waals surface area contributed by atoms with Crippen molar-refractivity contribution in [1.29, 1.82) is 0 Å². The molecule has 1 aromatic rings. The first-order valence-corrected chi connectivity index (χ1v) is 7.20. The number of amides is 1. The van der Waals surface area contributed by atoms with Crippen molar-refractivity contribution < 1.29 is 23.5 Å². The number of likely N-dealkylation sites (tertiary alicyclic amines) is 1. The lowest BCUT2D eigenvalue weighted by Crippen LogP contribution is -2.29. The molecule has 1 aliphatic rings. The molecule has 6 heteroatoms. The Balaban J connectivity index is 2.13. The van der Waals surface area contributed by atoms with Gasteiger partial charge < -0.3 is 14.4 Å². The Labute approximate surface area is 129 Å². The van der Waals surface area contributed by atoms with E-state index in [1.807, 2.05) is 0 Å². The first-order chi connectivity index (χ1) is 10.3. The lowest BCUT2D eigenvalue weighted by Gasteiger charge is -2.21. The van der Waals surface area contributed by atoms with Gasteiger partial charge in [-0.05, 0) is 39.3 Å². The van der Waals surface area contributed by atoms with Crippen LogP contribution in [0.5, 0.6) is 5.75 Å². The van der Waals surface area contributed by atoms with E-state index in [0.717, 1.165) is 12.5 Å². The fourth-order valence-corrected chi connectivity index (χ4v) is 2.11. The van der Waals surface area contributed by atoms with Crippen molar-refractivity contribution in [2.24, 2.45) is 0 Å².